The van der Waals surface area contributed by atoms with Crippen molar-refractivity contribution in [2.24, 2.45) is 0 Å². The number of hydrogen-bond donors (Lipinski definition) is 0. The summed E-state index contributed by atoms with van der Waals surface area (Å²) in [7, 11) is 0. The first kappa shape index (κ1) is 34.9. The number of rotatable bonds is 6. The number of fused-ring (bicyclic) bond motifs is 7. The maximum absolute atomic E-state index is 5.09. The quantitative estimate of drug-likeness (QED) is 0.168. The van der Waals surface area contributed by atoms with E-state index in [1.165, 1.54) is 76.4 Å². The fraction of sp³-hybridized carbons (Fsp3) is 0. The summed E-state index contributed by atoms with van der Waals surface area (Å²) in [5, 5.41) is 9.96. The minimum atomic E-state index is 0.712. The Kier molecular flexibility index (Phi) is 8.17. The van der Waals surface area contributed by atoms with Crippen LogP contribution in [0.2, 0.25) is 0 Å². The van der Waals surface area contributed by atoms with Gasteiger partial charge in [0.1, 0.15) is 0 Å². The minimum absolute atomic E-state index is 0.712. The molecule has 3 nitrogen and oxygen atoms in total. The van der Waals surface area contributed by atoms with Crippen molar-refractivity contribution in [2.45, 2.75) is 0 Å². The molecule has 0 amide bonds. The lowest BCUT2D eigenvalue weighted by atomic mass is 9.94. The van der Waals surface area contributed by atoms with E-state index >= 15 is 0 Å². The highest BCUT2D eigenvalue weighted by Crippen LogP contribution is 2.40. The first-order valence-electron chi connectivity index (χ1n) is 20.8. The van der Waals surface area contributed by atoms with Crippen molar-refractivity contribution in [3.8, 4) is 61.8 Å². The lowest BCUT2D eigenvalue weighted by molar-refractivity contribution is 1.17. The van der Waals surface area contributed by atoms with E-state index in [-0.39, 0.29) is 0 Å². The SMILES string of the molecule is c1ccc(-c2cc(-c3ccc(-n4c5ccccc5c5c6cc(-c7ccc8ccc(-c9cccc%10ccccc9%10)cc8c7)ccc6ccc54)cc3)nc(-c3ccccc3)n2)cc1. The van der Waals surface area contributed by atoms with E-state index < -0.39 is 0 Å². The highest BCUT2D eigenvalue weighted by molar-refractivity contribution is 6.22. The average molecular weight is 776 g/mol. The zero-order valence-corrected chi connectivity index (χ0v) is 33.2. The summed E-state index contributed by atoms with van der Waals surface area (Å²) in [5.74, 6) is 0.712. The minimum Gasteiger partial charge on any atom is -0.309 e. The van der Waals surface area contributed by atoms with Gasteiger partial charge >= 0.3 is 0 Å². The van der Waals surface area contributed by atoms with Gasteiger partial charge in [-0.25, -0.2) is 9.97 Å². The molecule has 10 aromatic carbocycles. The van der Waals surface area contributed by atoms with Crippen LogP contribution in [0.4, 0.5) is 0 Å². The topological polar surface area (TPSA) is 30.7 Å². The monoisotopic (exact) mass is 775 g/mol. The molecule has 0 saturated heterocycles. The average Bonchev–Trinajstić information content (AvgIpc) is 3.68. The Bertz CT molecular complexity index is 3560. The molecular formula is C58H37N3. The second kappa shape index (κ2) is 14.3. The molecule has 61 heavy (non-hydrogen) atoms. The van der Waals surface area contributed by atoms with Crippen molar-refractivity contribution >= 4 is 54.1 Å². The van der Waals surface area contributed by atoms with Gasteiger partial charge in [0.2, 0.25) is 0 Å². The standard InChI is InChI=1S/C58H37N3/c1-3-13-41(14-4-1)53-37-54(60-58(59-53)43-15-5-2-6-16-43)42-28-31-48(32-29-42)61-55-21-10-9-19-51(55)57-52-36-45(26-24-40(52)30-33-56(57)61)44-25-22-38-23-27-46(35-47(38)34-44)50-20-11-17-39-12-7-8-18-49(39)50/h1-37H. The summed E-state index contributed by atoms with van der Waals surface area (Å²) in [6.07, 6.45) is 0. The fourth-order valence-corrected chi connectivity index (χ4v) is 9.17. The van der Waals surface area contributed by atoms with Crippen LogP contribution in [-0.4, -0.2) is 14.5 Å². The van der Waals surface area contributed by atoms with E-state index in [0.717, 1.165) is 33.8 Å². The molecule has 12 aromatic rings. The highest BCUT2D eigenvalue weighted by Gasteiger charge is 2.17. The number of nitrogens with zero attached hydrogens (tertiary/aromatic N) is 3. The van der Waals surface area contributed by atoms with Gasteiger partial charge in [0, 0.05) is 33.2 Å². The lowest BCUT2D eigenvalue weighted by Crippen LogP contribution is -1.97. The van der Waals surface area contributed by atoms with Crippen LogP contribution < -0.4 is 0 Å². The highest BCUT2D eigenvalue weighted by atomic mass is 15.0. The summed E-state index contributed by atoms with van der Waals surface area (Å²) in [6, 6.07) is 80.6. The van der Waals surface area contributed by atoms with Gasteiger partial charge in [-0.2, -0.15) is 0 Å². The Morgan fingerprint density at radius 3 is 1.64 bits per heavy atom. The second-order valence-electron chi connectivity index (χ2n) is 15.8. The van der Waals surface area contributed by atoms with Gasteiger partial charge in [0.15, 0.2) is 5.82 Å². The maximum Gasteiger partial charge on any atom is 0.160 e. The van der Waals surface area contributed by atoms with E-state index in [1.54, 1.807) is 0 Å². The van der Waals surface area contributed by atoms with Gasteiger partial charge in [-0.3, -0.25) is 0 Å². The van der Waals surface area contributed by atoms with Crippen LogP contribution in [-0.2, 0) is 0 Å². The molecule has 0 fully saturated rings. The van der Waals surface area contributed by atoms with Crippen molar-refractivity contribution in [1.29, 1.82) is 0 Å². The van der Waals surface area contributed by atoms with Crippen LogP contribution in [0.1, 0.15) is 0 Å². The van der Waals surface area contributed by atoms with Crippen molar-refractivity contribution in [2.75, 3.05) is 0 Å². The molecule has 0 spiro atoms. The largest absolute Gasteiger partial charge is 0.309 e. The molecule has 0 aliphatic carbocycles. The van der Waals surface area contributed by atoms with Gasteiger partial charge in [0.25, 0.3) is 0 Å². The van der Waals surface area contributed by atoms with E-state index in [0.29, 0.717) is 5.82 Å². The summed E-state index contributed by atoms with van der Waals surface area (Å²) in [6.45, 7) is 0. The van der Waals surface area contributed by atoms with Gasteiger partial charge in [0.05, 0.1) is 22.4 Å². The zero-order valence-electron chi connectivity index (χ0n) is 33.2. The van der Waals surface area contributed by atoms with Crippen molar-refractivity contribution < 1.29 is 0 Å². The molecule has 0 unspecified atom stereocenters. The molecule has 2 aromatic heterocycles. The van der Waals surface area contributed by atoms with Gasteiger partial charge in [-0.05, 0) is 103 Å². The molecule has 0 radical (unpaired) electrons. The number of benzene rings is 10. The smallest absolute Gasteiger partial charge is 0.160 e. The van der Waals surface area contributed by atoms with E-state index in [1.807, 2.05) is 24.3 Å². The molecule has 0 atom stereocenters. The molecule has 0 bridgehead atoms. The third-order valence-corrected chi connectivity index (χ3v) is 12.2. The van der Waals surface area contributed by atoms with E-state index in [9.17, 15) is 0 Å². The normalized spacial score (nSPS) is 11.6. The van der Waals surface area contributed by atoms with Gasteiger partial charge in [-0.15, -0.1) is 0 Å². The first-order valence-corrected chi connectivity index (χ1v) is 20.8. The number of hydrogen-bond acceptors (Lipinski definition) is 2. The maximum atomic E-state index is 5.09. The molecule has 0 N–H and O–H groups in total. The van der Waals surface area contributed by atoms with Crippen molar-refractivity contribution in [3.05, 3.63) is 224 Å². The summed E-state index contributed by atoms with van der Waals surface area (Å²) < 4.78 is 2.40. The van der Waals surface area contributed by atoms with Crippen LogP contribution >= 0.6 is 0 Å². The van der Waals surface area contributed by atoms with E-state index in [4.69, 9.17) is 9.97 Å². The van der Waals surface area contributed by atoms with Crippen LogP contribution in [0.5, 0.6) is 0 Å². The first-order chi connectivity index (χ1) is 30.2. The molecular weight excluding hydrogens is 739 g/mol. The second-order valence-corrected chi connectivity index (χ2v) is 15.8. The van der Waals surface area contributed by atoms with Gasteiger partial charge in [-0.1, -0.05) is 176 Å². The van der Waals surface area contributed by atoms with Crippen LogP contribution in [0, 0.1) is 0 Å². The third kappa shape index (κ3) is 6.06. The molecule has 12 rings (SSSR count). The predicted octanol–water partition coefficient (Wildman–Crippen LogP) is 15.4. The van der Waals surface area contributed by atoms with Crippen molar-refractivity contribution in [1.82, 2.24) is 14.5 Å². The fourth-order valence-electron chi connectivity index (χ4n) is 9.17. The molecule has 0 saturated carbocycles. The van der Waals surface area contributed by atoms with Crippen LogP contribution in [0.25, 0.3) is 116 Å². The molecule has 0 aliphatic rings. The lowest BCUT2D eigenvalue weighted by Gasteiger charge is -2.12. The molecule has 2 heterocycles. The summed E-state index contributed by atoms with van der Waals surface area (Å²) in [5.41, 5.74) is 13.2. The summed E-state index contributed by atoms with van der Waals surface area (Å²) in [4.78, 5) is 10.1. The number of para-hydroxylation sites is 1. The third-order valence-electron chi connectivity index (χ3n) is 12.2. The Morgan fingerprint density at radius 2 is 0.852 bits per heavy atom. The Hall–Kier alpha value is -8.14. The molecule has 0 aliphatic heterocycles. The predicted molar refractivity (Wildman–Crippen MR) is 256 cm³/mol. The van der Waals surface area contributed by atoms with Crippen LogP contribution in [0.15, 0.2) is 224 Å². The Morgan fingerprint density at radius 1 is 0.295 bits per heavy atom. The zero-order chi connectivity index (χ0) is 40.3. The summed E-state index contributed by atoms with van der Waals surface area (Å²) >= 11 is 0. The Labute approximate surface area is 353 Å². The number of aromatic nitrogens is 3. The molecule has 284 valence electrons. The van der Waals surface area contributed by atoms with Crippen LogP contribution in [0.3, 0.4) is 0 Å². The van der Waals surface area contributed by atoms with E-state index in [2.05, 4.69) is 205 Å². The molecule has 3 heteroatoms. The Balaban J connectivity index is 0.957. The van der Waals surface area contributed by atoms with Crippen molar-refractivity contribution in [3.63, 3.8) is 0 Å². The van der Waals surface area contributed by atoms with Gasteiger partial charge < -0.3 is 4.57 Å².